The van der Waals surface area contributed by atoms with Crippen LogP contribution in [0.5, 0.6) is 0 Å². The minimum atomic E-state index is -0.0526. The van der Waals surface area contributed by atoms with Crippen molar-refractivity contribution < 1.29 is 4.79 Å². The summed E-state index contributed by atoms with van der Waals surface area (Å²) in [4.78, 5) is 16.8. The number of nitrogens with one attached hydrogen (secondary N) is 1. The molecule has 1 aliphatic rings. The maximum atomic E-state index is 12.5. The van der Waals surface area contributed by atoms with Crippen LogP contribution in [0, 0.1) is 6.92 Å². The maximum absolute atomic E-state index is 12.5. The van der Waals surface area contributed by atoms with E-state index >= 15 is 0 Å². The Kier molecular flexibility index (Phi) is 5.37. The van der Waals surface area contributed by atoms with E-state index in [0.717, 1.165) is 26.1 Å². The number of rotatable bonds is 6. The van der Waals surface area contributed by atoms with Crippen molar-refractivity contribution in [2.24, 2.45) is 0 Å². The minimum absolute atomic E-state index is 0.00769. The van der Waals surface area contributed by atoms with Crippen molar-refractivity contribution in [1.29, 1.82) is 0 Å². The van der Waals surface area contributed by atoms with Crippen LogP contribution < -0.4 is 5.32 Å². The normalized spacial score (nSPS) is 22.3. The Morgan fingerprint density at radius 2 is 1.90 bits per heavy atom. The first kappa shape index (κ1) is 16.0. The van der Waals surface area contributed by atoms with E-state index < -0.39 is 0 Å². The molecular weight excluding hydrogens is 262 g/mol. The van der Waals surface area contributed by atoms with E-state index in [1.54, 1.807) is 0 Å². The molecule has 1 heterocycles. The fourth-order valence-electron chi connectivity index (χ4n) is 2.67. The Morgan fingerprint density at radius 3 is 2.48 bits per heavy atom. The van der Waals surface area contributed by atoms with Crippen LogP contribution in [0.15, 0.2) is 24.3 Å². The first-order valence-electron chi connectivity index (χ1n) is 7.88. The van der Waals surface area contributed by atoms with E-state index in [0.29, 0.717) is 0 Å². The number of benzene rings is 1. The van der Waals surface area contributed by atoms with E-state index in [-0.39, 0.29) is 18.1 Å². The lowest BCUT2D eigenvalue weighted by Gasteiger charge is -2.26. The second-order valence-corrected chi connectivity index (χ2v) is 5.87. The second kappa shape index (κ2) is 7.05. The summed E-state index contributed by atoms with van der Waals surface area (Å²) in [6.07, 6.45) is 0.842. The standard InChI is InChI=1S/C17H27N3O/c1-5-15-17(21)20(12-11-19(4)6-2)16(18-15)14-9-7-13(3)8-10-14/h7-10,15-16,18H,5-6,11-12H2,1-4H3. The predicted octanol–water partition coefficient (Wildman–Crippen LogP) is 2.16. The number of likely N-dealkylation sites (N-methyl/N-ethyl adjacent to an activating group) is 1. The van der Waals surface area contributed by atoms with Gasteiger partial charge in [-0.15, -0.1) is 0 Å². The van der Waals surface area contributed by atoms with Crippen molar-refractivity contribution >= 4 is 5.91 Å². The fourth-order valence-corrected chi connectivity index (χ4v) is 2.67. The highest BCUT2D eigenvalue weighted by molar-refractivity contribution is 5.84. The molecule has 0 aromatic heterocycles. The number of hydrogen-bond donors (Lipinski definition) is 1. The second-order valence-electron chi connectivity index (χ2n) is 5.87. The van der Waals surface area contributed by atoms with Crippen LogP contribution in [-0.4, -0.2) is 48.4 Å². The average molecular weight is 289 g/mol. The van der Waals surface area contributed by atoms with E-state index in [9.17, 15) is 4.79 Å². The van der Waals surface area contributed by atoms with E-state index in [4.69, 9.17) is 0 Å². The Hall–Kier alpha value is -1.39. The average Bonchev–Trinajstić information content (AvgIpc) is 2.81. The van der Waals surface area contributed by atoms with Crippen molar-refractivity contribution in [3.8, 4) is 0 Å². The quantitative estimate of drug-likeness (QED) is 0.871. The Bertz CT molecular complexity index is 471. The predicted molar refractivity (Wildman–Crippen MR) is 86.0 cm³/mol. The zero-order valence-electron chi connectivity index (χ0n) is 13.6. The molecule has 1 saturated heterocycles. The molecule has 1 aromatic carbocycles. The number of hydrogen-bond acceptors (Lipinski definition) is 3. The number of carbonyl (C=O) groups excluding carboxylic acids is 1. The minimum Gasteiger partial charge on any atom is -0.320 e. The third-order valence-corrected chi connectivity index (χ3v) is 4.32. The molecule has 2 unspecified atom stereocenters. The molecule has 1 amide bonds. The summed E-state index contributed by atoms with van der Waals surface area (Å²) in [5.41, 5.74) is 2.41. The number of aryl methyl sites for hydroxylation is 1. The van der Waals surface area contributed by atoms with Gasteiger partial charge in [-0.1, -0.05) is 43.7 Å². The van der Waals surface area contributed by atoms with Crippen LogP contribution in [0.25, 0.3) is 0 Å². The van der Waals surface area contributed by atoms with Gasteiger partial charge < -0.3 is 9.80 Å². The van der Waals surface area contributed by atoms with Crippen molar-refractivity contribution in [2.45, 2.75) is 39.4 Å². The van der Waals surface area contributed by atoms with Gasteiger partial charge in [-0.05, 0) is 32.5 Å². The van der Waals surface area contributed by atoms with Gasteiger partial charge in [0.2, 0.25) is 5.91 Å². The van der Waals surface area contributed by atoms with Crippen LogP contribution in [0.2, 0.25) is 0 Å². The van der Waals surface area contributed by atoms with Crippen molar-refractivity contribution in [3.63, 3.8) is 0 Å². The fraction of sp³-hybridized carbons (Fsp3) is 0.588. The number of nitrogens with zero attached hydrogens (tertiary/aromatic N) is 2. The summed E-state index contributed by atoms with van der Waals surface area (Å²) in [7, 11) is 2.09. The largest absolute Gasteiger partial charge is 0.320 e. The molecule has 1 fully saturated rings. The topological polar surface area (TPSA) is 35.6 Å². The van der Waals surface area contributed by atoms with Crippen LogP contribution >= 0.6 is 0 Å². The first-order valence-corrected chi connectivity index (χ1v) is 7.88. The Morgan fingerprint density at radius 1 is 1.24 bits per heavy atom. The molecule has 0 aliphatic carbocycles. The first-order chi connectivity index (χ1) is 10.1. The summed E-state index contributed by atoms with van der Waals surface area (Å²) in [6, 6.07) is 8.40. The van der Waals surface area contributed by atoms with E-state index in [1.165, 1.54) is 11.1 Å². The van der Waals surface area contributed by atoms with Crippen LogP contribution in [-0.2, 0) is 4.79 Å². The maximum Gasteiger partial charge on any atom is 0.241 e. The van der Waals surface area contributed by atoms with Gasteiger partial charge in [-0.2, -0.15) is 0 Å². The molecule has 4 heteroatoms. The van der Waals surface area contributed by atoms with E-state index in [2.05, 4.69) is 62.3 Å². The van der Waals surface area contributed by atoms with Crippen molar-refractivity contribution in [2.75, 3.05) is 26.7 Å². The zero-order valence-corrected chi connectivity index (χ0v) is 13.6. The molecule has 1 N–H and O–H groups in total. The molecule has 4 nitrogen and oxygen atoms in total. The summed E-state index contributed by atoms with van der Waals surface area (Å²) >= 11 is 0. The van der Waals surface area contributed by atoms with Gasteiger partial charge in [0.05, 0.1) is 6.04 Å². The Balaban J connectivity index is 2.15. The lowest BCUT2D eigenvalue weighted by atomic mass is 10.1. The highest BCUT2D eigenvalue weighted by Crippen LogP contribution is 2.26. The summed E-state index contributed by atoms with van der Waals surface area (Å²) < 4.78 is 0. The molecule has 116 valence electrons. The number of amides is 1. The third kappa shape index (κ3) is 3.63. The molecule has 1 aromatic rings. The van der Waals surface area contributed by atoms with Gasteiger partial charge in [0.1, 0.15) is 6.17 Å². The summed E-state index contributed by atoms with van der Waals surface area (Å²) in [6.45, 7) is 8.95. The molecule has 0 saturated carbocycles. The van der Waals surface area contributed by atoms with Crippen molar-refractivity contribution in [3.05, 3.63) is 35.4 Å². The van der Waals surface area contributed by atoms with Gasteiger partial charge in [-0.3, -0.25) is 10.1 Å². The van der Waals surface area contributed by atoms with Crippen molar-refractivity contribution in [1.82, 2.24) is 15.1 Å². The molecule has 0 radical (unpaired) electrons. The van der Waals surface area contributed by atoms with Gasteiger partial charge in [0, 0.05) is 13.1 Å². The number of carbonyl (C=O) groups is 1. The van der Waals surface area contributed by atoms with Gasteiger partial charge >= 0.3 is 0 Å². The third-order valence-electron chi connectivity index (χ3n) is 4.32. The lowest BCUT2D eigenvalue weighted by molar-refractivity contribution is -0.130. The molecular formula is C17H27N3O. The molecule has 2 atom stereocenters. The highest BCUT2D eigenvalue weighted by Gasteiger charge is 2.38. The summed E-state index contributed by atoms with van der Waals surface area (Å²) in [5.74, 6) is 0.229. The molecule has 1 aliphatic heterocycles. The SMILES string of the molecule is CCC1NC(c2ccc(C)cc2)N(CCN(C)CC)C1=O. The van der Waals surface area contributed by atoms with Gasteiger partial charge in [0.15, 0.2) is 0 Å². The molecule has 2 rings (SSSR count). The molecule has 0 bridgehead atoms. The van der Waals surface area contributed by atoms with Gasteiger partial charge in [-0.25, -0.2) is 0 Å². The van der Waals surface area contributed by atoms with Gasteiger partial charge in [0.25, 0.3) is 0 Å². The Labute approximate surface area is 128 Å². The molecule has 21 heavy (non-hydrogen) atoms. The molecule has 0 spiro atoms. The van der Waals surface area contributed by atoms with E-state index in [1.807, 2.05) is 4.90 Å². The lowest BCUT2D eigenvalue weighted by Crippen LogP contribution is -2.37. The smallest absolute Gasteiger partial charge is 0.241 e. The van der Waals surface area contributed by atoms with Crippen LogP contribution in [0.4, 0.5) is 0 Å². The summed E-state index contributed by atoms with van der Waals surface area (Å²) in [5, 5.41) is 3.48. The van der Waals surface area contributed by atoms with Crippen LogP contribution in [0.3, 0.4) is 0 Å². The highest BCUT2D eigenvalue weighted by atomic mass is 16.2. The van der Waals surface area contributed by atoms with Crippen LogP contribution in [0.1, 0.15) is 37.6 Å². The monoisotopic (exact) mass is 289 g/mol. The zero-order chi connectivity index (χ0) is 15.4.